The molecule has 2 nitrogen and oxygen atoms in total. The van der Waals surface area contributed by atoms with Gasteiger partial charge in [-0.15, -0.1) is 0 Å². The smallest absolute Gasteiger partial charge is 0.102 e. The topological polar surface area (TPSA) is 29.4 Å². The van der Waals surface area contributed by atoms with Crippen LogP contribution in [0.25, 0.3) is 0 Å². The lowest BCUT2D eigenvalue weighted by Crippen LogP contribution is -2.04. The summed E-state index contributed by atoms with van der Waals surface area (Å²) in [7, 11) is 0. The third kappa shape index (κ3) is 0.213. The second-order valence-corrected chi connectivity index (χ2v) is 3.23. The molecule has 0 saturated heterocycles. The van der Waals surface area contributed by atoms with Crippen LogP contribution in [0.1, 0.15) is 13.8 Å². The number of hydrogen-bond donors (Lipinski definition) is 0. The summed E-state index contributed by atoms with van der Waals surface area (Å²) < 4.78 is 0. The Kier molecular flexibility index (Phi) is 0.476. The zero-order chi connectivity index (χ0) is 5.94. The molecule has 2 saturated carbocycles. The second-order valence-electron chi connectivity index (χ2n) is 3.23. The average Bonchev–Trinajstić information content (AvgIpc) is 2.51. The molecule has 0 aromatic rings. The number of fused-ring (bicyclic) bond motifs is 1. The van der Waals surface area contributed by atoms with Gasteiger partial charge in [-0.2, -0.15) is 4.91 Å². The Balaban J connectivity index is 2.11. The van der Waals surface area contributed by atoms with Crippen LogP contribution >= 0.6 is 0 Å². The van der Waals surface area contributed by atoms with Crippen molar-refractivity contribution in [1.82, 2.24) is 0 Å². The zero-order valence-corrected chi connectivity index (χ0v) is 5.09. The van der Waals surface area contributed by atoms with E-state index in [0.717, 1.165) is 5.92 Å². The van der Waals surface area contributed by atoms with Gasteiger partial charge in [0.1, 0.15) is 6.04 Å². The molecule has 44 valence electrons. The second kappa shape index (κ2) is 0.850. The molecule has 0 spiro atoms. The first kappa shape index (κ1) is 4.48. The SMILES string of the molecule is CC1C2C(N=O)[C@@]12C. The van der Waals surface area contributed by atoms with Crippen LogP contribution in [0, 0.1) is 22.2 Å². The minimum atomic E-state index is 0.192. The molecule has 2 aliphatic rings. The molecule has 0 heterocycles. The molecule has 3 unspecified atom stereocenters. The maximum absolute atomic E-state index is 9.91. The Bertz CT molecular complexity index is 157. The first-order chi connectivity index (χ1) is 3.73. The first-order valence-corrected chi connectivity index (χ1v) is 3.05. The van der Waals surface area contributed by atoms with Crippen molar-refractivity contribution in [3.8, 4) is 0 Å². The molecular formula is C6H9NO. The average molecular weight is 111 g/mol. The van der Waals surface area contributed by atoms with Crippen LogP contribution in [0.3, 0.4) is 0 Å². The van der Waals surface area contributed by atoms with E-state index in [1.807, 2.05) is 0 Å². The molecule has 0 aromatic carbocycles. The fraction of sp³-hybridized carbons (Fsp3) is 1.00. The van der Waals surface area contributed by atoms with Crippen LogP contribution in [0.5, 0.6) is 0 Å². The summed E-state index contributed by atoms with van der Waals surface area (Å²) in [5, 5.41) is 3.00. The van der Waals surface area contributed by atoms with Crippen molar-refractivity contribution in [3.05, 3.63) is 4.91 Å². The molecule has 0 N–H and O–H groups in total. The predicted octanol–water partition coefficient (Wildman–Crippen LogP) is 1.41. The van der Waals surface area contributed by atoms with Gasteiger partial charge in [-0.05, 0) is 11.8 Å². The van der Waals surface area contributed by atoms with Crippen LogP contribution in [0.15, 0.2) is 5.18 Å². The van der Waals surface area contributed by atoms with Gasteiger partial charge in [0.25, 0.3) is 0 Å². The fourth-order valence-corrected chi connectivity index (χ4v) is 1.94. The Morgan fingerprint density at radius 1 is 1.62 bits per heavy atom. The Labute approximate surface area is 48.2 Å². The van der Waals surface area contributed by atoms with E-state index in [-0.39, 0.29) is 6.04 Å². The van der Waals surface area contributed by atoms with Crippen molar-refractivity contribution in [1.29, 1.82) is 0 Å². The summed E-state index contributed by atoms with van der Waals surface area (Å²) in [5.41, 5.74) is 0.363. The van der Waals surface area contributed by atoms with Crippen LogP contribution in [0.2, 0.25) is 0 Å². The van der Waals surface area contributed by atoms with Crippen LogP contribution in [-0.4, -0.2) is 6.04 Å². The van der Waals surface area contributed by atoms with E-state index >= 15 is 0 Å². The number of rotatable bonds is 1. The highest BCUT2D eigenvalue weighted by Gasteiger charge is 2.83. The van der Waals surface area contributed by atoms with Gasteiger partial charge in [0, 0.05) is 5.41 Å². The lowest BCUT2D eigenvalue weighted by molar-refractivity contribution is 0.499. The van der Waals surface area contributed by atoms with Crippen LogP contribution in [-0.2, 0) is 0 Å². The Morgan fingerprint density at radius 2 is 2.12 bits per heavy atom. The van der Waals surface area contributed by atoms with Gasteiger partial charge in [-0.25, -0.2) is 0 Å². The molecule has 0 radical (unpaired) electrons. The van der Waals surface area contributed by atoms with E-state index < -0.39 is 0 Å². The lowest BCUT2D eigenvalue weighted by atomic mass is 10.1. The summed E-state index contributed by atoms with van der Waals surface area (Å²) in [5.74, 6) is 1.45. The summed E-state index contributed by atoms with van der Waals surface area (Å²) >= 11 is 0. The first-order valence-electron chi connectivity index (χ1n) is 3.05. The van der Waals surface area contributed by atoms with E-state index in [9.17, 15) is 4.91 Å². The molecule has 2 heteroatoms. The predicted molar refractivity (Wildman–Crippen MR) is 30.3 cm³/mol. The molecule has 0 aromatic heterocycles. The fourth-order valence-electron chi connectivity index (χ4n) is 1.94. The van der Waals surface area contributed by atoms with Gasteiger partial charge in [0.2, 0.25) is 0 Å². The van der Waals surface area contributed by atoms with Gasteiger partial charge in [-0.3, -0.25) is 0 Å². The standard InChI is InChI=1S/C6H9NO/c1-3-4-5(7-8)6(3,4)2/h3-5H,1-2H3/t3?,4?,5?,6-/m0/s1. The van der Waals surface area contributed by atoms with Crippen molar-refractivity contribution < 1.29 is 0 Å². The molecule has 0 amide bonds. The number of nitroso groups, excluding NO2 is 1. The molecule has 8 heavy (non-hydrogen) atoms. The van der Waals surface area contributed by atoms with E-state index in [4.69, 9.17) is 0 Å². The third-order valence-electron chi connectivity index (χ3n) is 3.11. The van der Waals surface area contributed by atoms with Crippen LogP contribution < -0.4 is 0 Å². The maximum Gasteiger partial charge on any atom is 0.102 e. The third-order valence-corrected chi connectivity index (χ3v) is 3.11. The van der Waals surface area contributed by atoms with E-state index in [1.165, 1.54) is 0 Å². The molecule has 0 bridgehead atoms. The van der Waals surface area contributed by atoms with Gasteiger partial charge >= 0.3 is 0 Å². The minimum absolute atomic E-state index is 0.192. The number of hydrogen-bond acceptors (Lipinski definition) is 2. The van der Waals surface area contributed by atoms with Crippen molar-refractivity contribution in [2.75, 3.05) is 0 Å². The summed E-state index contributed by atoms with van der Waals surface area (Å²) in [6, 6.07) is 0.192. The Hall–Kier alpha value is -0.400. The zero-order valence-electron chi connectivity index (χ0n) is 5.09. The maximum atomic E-state index is 9.91. The highest BCUT2D eigenvalue weighted by Crippen LogP contribution is 2.80. The summed E-state index contributed by atoms with van der Waals surface area (Å²) in [6.07, 6.45) is 0. The quantitative estimate of drug-likeness (QED) is 0.470. The highest BCUT2D eigenvalue weighted by atomic mass is 16.3. The van der Waals surface area contributed by atoms with Crippen LogP contribution in [0.4, 0.5) is 0 Å². The van der Waals surface area contributed by atoms with Crippen molar-refractivity contribution >= 4 is 0 Å². The minimum Gasteiger partial charge on any atom is -0.150 e. The lowest BCUT2D eigenvalue weighted by Gasteiger charge is -2.01. The largest absolute Gasteiger partial charge is 0.150 e. The van der Waals surface area contributed by atoms with Crippen molar-refractivity contribution in [2.45, 2.75) is 19.9 Å². The summed E-state index contributed by atoms with van der Waals surface area (Å²) in [6.45, 7) is 4.33. The molecule has 4 atom stereocenters. The monoisotopic (exact) mass is 111 g/mol. The van der Waals surface area contributed by atoms with Gasteiger partial charge < -0.3 is 0 Å². The van der Waals surface area contributed by atoms with Crippen molar-refractivity contribution in [3.63, 3.8) is 0 Å². The highest BCUT2D eigenvalue weighted by molar-refractivity contribution is 5.32. The molecule has 2 aliphatic carbocycles. The Morgan fingerprint density at radius 3 is 2.25 bits per heavy atom. The van der Waals surface area contributed by atoms with E-state index in [1.54, 1.807) is 0 Å². The van der Waals surface area contributed by atoms with Gasteiger partial charge in [0.15, 0.2) is 0 Å². The molecule has 2 rings (SSSR count). The normalized spacial score (nSPS) is 66.5. The van der Waals surface area contributed by atoms with Crippen molar-refractivity contribution in [2.24, 2.45) is 22.4 Å². The molecular weight excluding hydrogens is 102 g/mol. The number of nitrogens with zero attached hydrogens (tertiary/aromatic N) is 1. The van der Waals surface area contributed by atoms with E-state index in [2.05, 4.69) is 19.0 Å². The van der Waals surface area contributed by atoms with E-state index in [0.29, 0.717) is 11.3 Å². The van der Waals surface area contributed by atoms with Gasteiger partial charge in [0.05, 0.1) is 0 Å². The van der Waals surface area contributed by atoms with Gasteiger partial charge in [-0.1, -0.05) is 19.0 Å². The summed E-state index contributed by atoms with van der Waals surface area (Å²) in [4.78, 5) is 9.91. The molecule has 2 fully saturated rings. The molecule has 0 aliphatic heterocycles.